The van der Waals surface area contributed by atoms with Crippen molar-refractivity contribution in [3.8, 4) is 11.5 Å². The number of fused-ring (bicyclic) bond motifs is 1. The van der Waals surface area contributed by atoms with Gasteiger partial charge in [0.15, 0.2) is 0 Å². The third kappa shape index (κ3) is 3.79. The van der Waals surface area contributed by atoms with E-state index < -0.39 is 0 Å². The predicted octanol–water partition coefficient (Wildman–Crippen LogP) is 3.80. The molecule has 0 unspecified atom stereocenters. The van der Waals surface area contributed by atoms with Crippen LogP contribution in [-0.4, -0.2) is 31.9 Å². The first-order valence-corrected chi connectivity index (χ1v) is 10.1. The molecule has 1 saturated heterocycles. The van der Waals surface area contributed by atoms with E-state index in [2.05, 4.69) is 5.32 Å². The minimum absolute atomic E-state index is 0.197. The van der Waals surface area contributed by atoms with Crippen LogP contribution in [0.4, 0.5) is 11.4 Å². The molecule has 0 saturated carbocycles. The van der Waals surface area contributed by atoms with E-state index in [1.165, 1.54) is 12.0 Å². The van der Waals surface area contributed by atoms with Gasteiger partial charge in [0.1, 0.15) is 11.5 Å². The number of benzene rings is 2. The van der Waals surface area contributed by atoms with E-state index in [9.17, 15) is 14.4 Å². The molecule has 3 amide bonds. The van der Waals surface area contributed by atoms with Gasteiger partial charge in [-0.25, -0.2) is 0 Å². The number of nitrogens with one attached hydrogen (secondary N) is 1. The van der Waals surface area contributed by atoms with Gasteiger partial charge in [0.05, 0.1) is 37.4 Å². The van der Waals surface area contributed by atoms with Crippen molar-refractivity contribution in [2.24, 2.45) is 11.8 Å². The molecule has 0 spiro atoms. The van der Waals surface area contributed by atoms with Crippen molar-refractivity contribution in [2.45, 2.75) is 19.8 Å². The van der Waals surface area contributed by atoms with Crippen molar-refractivity contribution in [1.82, 2.24) is 0 Å². The molecule has 1 fully saturated rings. The van der Waals surface area contributed by atoms with Crippen molar-refractivity contribution in [2.75, 3.05) is 24.4 Å². The van der Waals surface area contributed by atoms with Gasteiger partial charge in [-0.1, -0.05) is 17.7 Å². The van der Waals surface area contributed by atoms with Crippen LogP contribution in [-0.2, 0) is 9.59 Å². The lowest BCUT2D eigenvalue weighted by Crippen LogP contribution is -2.31. The molecule has 0 bridgehead atoms. The number of imide groups is 1. The second kappa shape index (κ2) is 8.26. The summed E-state index contributed by atoms with van der Waals surface area (Å²) in [7, 11) is 3.05. The third-order valence-electron chi connectivity index (χ3n) is 5.85. The molecule has 0 aromatic heterocycles. The highest BCUT2D eigenvalue weighted by molar-refractivity contribution is 6.22. The summed E-state index contributed by atoms with van der Waals surface area (Å²) in [5, 5.41) is 2.81. The van der Waals surface area contributed by atoms with Gasteiger partial charge in [0.25, 0.3) is 5.91 Å². The summed E-state index contributed by atoms with van der Waals surface area (Å²) in [5.74, 6) is -0.352. The molecule has 7 nitrogen and oxygen atoms in total. The first-order chi connectivity index (χ1) is 14.9. The highest BCUT2D eigenvalue weighted by Crippen LogP contribution is 2.40. The zero-order valence-electron chi connectivity index (χ0n) is 17.7. The first-order valence-electron chi connectivity index (χ1n) is 10.1. The van der Waals surface area contributed by atoms with Crippen LogP contribution in [0.1, 0.15) is 30.1 Å². The summed E-state index contributed by atoms with van der Waals surface area (Å²) in [4.78, 5) is 40.0. The number of allylic oxidation sites excluding steroid dienone is 2. The number of nitrogens with zero attached hydrogens (tertiary/aromatic N) is 1. The summed E-state index contributed by atoms with van der Waals surface area (Å²) in [6, 6.07) is 11.6. The lowest BCUT2D eigenvalue weighted by Gasteiger charge is -2.18. The normalized spacial score (nSPS) is 20.2. The fourth-order valence-electron chi connectivity index (χ4n) is 4.17. The Bertz CT molecular complexity index is 1090. The minimum atomic E-state index is -0.376. The number of carbonyl (C=O) groups is 3. The van der Waals surface area contributed by atoms with E-state index in [0.717, 1.165) is 5.57 Å². The number of ether oxygens (including phenoxy) is 2. The maximum Gasteiger partial charge on any atom is 0.255 e. The molecule has 2 atom stereocenters. The van der Waals surface area contributed by atoms with Crippen LogP contribution in [0.15, 0.2) is 54.1 Å². The van der Waals surface area contributed by atoms with Crippen molar-refractivity contribution >= 4 is 29.1 Å². The zero-order valence-corrected chi connectivity index (χ0v) is 17.7. The second-order valence-electron chi connectivity index (χ2n) is 7.79. The molecule has 0 radical (unpaired) electrons. The van der Waals surface area contributed by atoms with E-state index in [-0.39, 0.29) is 29.6 Å². The van der Waals surface area contributed by atoms with E-state index in [1.807, 2.05) is 13.0 Å². The van der Waals surface area contributed by atoms with Crippen LogP contribution >= 0.6 is 0 Å². The van der Waals surface area contributed by atoms with Crippen LogP contribution in [0.2, 0.25) is 0 Å². The Balaban J connectivity index is 1.57. The number of methoxy groups -OCH3 is 2. The van der Waals surface area contributed by atoms with Gasteiger partial charge in [0, 0.05) is 11.6 Å². The van der Waals surface area contributed by atoms with Crippen LogP contribution in [0.5, 0.6) is 11.5 Å². The van der Waals surface area contributed by atoms with Gasteiger partial charge in [-0.05, 0) is 50.1 Å². The maximum absolute atomic E-state index is 13.0. The largest absolute Gasteiger partial charge is 0.497 e. The summed E-state index contributed by atoms with van der Waals surface area (Å²) in [6.07, 6.45) is 3.21. The molecule has 1 N–H and O–H groups in total. The van der Waals surface area contributed by atoms with Crippen molar-refractivity contribution in [1.29, 1.82) is 0 Å². The van der Waals surface area contributed by atoms with E-state index in [4.69, 9.17) is 9.47 Å². The Hall–Kier alpha value is -3.61. The maximum atomic E-state index is 13.0. The predicted molar refractivity (Wildman–Crippen MR) is 116 cm³/mol. The molecular formula is C24H24N2O5. The smallest absolute Gasteiger partial charge is 0.255 e. The molecular weight excluding hydrogens is 396 g/mol. The molecule has 2 aromatic carbocycles. The Morgan fingerprint density at radius 1 is 1.03 bits per heavy atom. The molecule has 7 heteroatoms. The van der Waals surface area contributed by atoms with Crippen molar-refractivity contribution < 1.29 is 23.9 Å². The lowest BCUT2D eigenvalue weighted by molar-refractivity contribution is -0.122. The quantitative estimate of drug-likeness (QED) is 0.587. The Morgan fingerprint density at radius 3 is 2.55 bits per heavy atom. The number of carbonyl (C=O) groups excluding carboxylic acids is 3. The van der Waals surface area contributed by atoms with Gasteiger partial charge < -0.3 is 14.8 Å². The summed E-state index contributed by atoms with van der Waals surface area (Å²) < 4.78 is 10.5. The number of rotatable bonds is 5. The van der Waals surface area contributed by atoms with E-state index >= 15 is 0 Å². The number of hydrogen-bond acceptors (Lipinski definition) is 5. The molecule has 4 rings (SSSR count). The SMILES string of the molecule is COc1ccc(NC(=O)c2cccc(N3C(=O)[C@@H]4CC=C(C)C[C@H]4C3=O)c2)c(OC)c1. The fraction of sp³-hybridized carbons (Fsp3) is 0.292. The van der Waals surface area contributed by atoms with Crippen LogP contribution in [0, 0.1) is 11.8 Å². The average Bonchev–Trinajstić information content (AvgIpc) is 3.03. The Labute approximate surface area is 180 Å². The van der Waals surface area contributed by atoms with Gasteiger partial charge in [-0.15, -0.1) is 0 Å². The Kier molecular flexibility index (Phi) is 5.50. The van der Waals surface area contributed by atoms with E-state index in [0.29, 0.717) is 41.3 Å². The summed E-state index contributed by atoms with van der Waals surface area (Å²) >= 11 is 0. The minimum Gasteiger partial charge on any atom is -0.497 e. The van der Waals surface area contributed by atoms with Crippen molar-refractivity contribution in [3.63, 3.8) is 0 Å². The molecule has 1 aliphatic heterocycles. The van der Waals surface area contributed by atoms with Crippen LogP contribution < -0.4 is 19.7 Å². The summed E-state index contributed by atoms with van der Waals surface area (Å²) in [6.45, 7) is 1.98. The highest BCUT2D eigenvalue weighted by atomic mass is 16.5. The molecule has 1 aliphatic carbocycles. The topological polar surface area (TPSA) is 84.9 Å². The third-order valence-corrected chi connectivity index (χ3v) is 5.85. The molecule has 31 heavy (non-hydrogen) atoms. The molecule has 160 valence electrons. The van der Waals surface area contributed by atoms with Gasteiger partial charge in [-0.2, -0.15) is 0 Å². The van der Waals surface area contributed by atoms with Crippen LogP contribution in [0.3, 0.4) is 0 Å². The molecule has 2 aliphatic rings. The van der Waals surface area contributed by atoms with Gasteiger partial charge in [-0.3, -0.25) is 19.3 Å². The van der Waals surface area contributed by atoms with Gasteiger partial charge in [0.2, 0.25) is 11.8 Å². The standard InChI is InChI=1S/C24H24N2O5/c1-14-7-9-18-19(11-14)24(29)26(23(18)28)16-6-4-5-15(12-16)22(27)25-20-10-8-17(30-2)13-21(20)31-3/h4-8,10,12-13,18-19H,9,11H2,1-3H3,(H,25,27)/t18-,19-/m1/s1. The monoisotopic (exact) mass is 420 g/mol. The molecule has 2 aromatic rings. The highest BCUT2D eigenvalue weighted by Gasteiger charge is 2.48. The Morgan fingerprint density at radius 2 is 1.81 bits per heavy atom. The van der Waals surface area contributed by atoms with Gasteiger partial charge >= 0.3 is 0 Å². The zero-order chi connectivity index (χ0) is 22.1. The number of anilines is 2. The van der Waals surface area contributed by atoms with Crippen molar-refractivity contribution in [3.05, 3.63) is 59.7 Å². The number of hydrogen-bond donors (Lipinski definition) is 1. The first kappa shape index (κ1) is 20.7. The number of amides is 3. The lowest BCUT2D eigenvalue weighted by atomic mass is 9.82. The van der Waals surface area contributed by atoms with E-state index in [1.54, 1.807) is 49.6 Å². The fourth-order valence-corrected chi connectivity index (χ4v) is 4.17. The molecule has 1 heterocycles. The average molecular weight is 420 g/mol. The second-order valence-corrected chi connectivity index (χ2v) is 7.79. The summed E-state index contributed by atoms with van der Waals surface area (Å²) in [5.41, 5.74) is 2.36. The van der Waals surface area contributed by atoms with Crippen LogP contribution in [0.25, 0.3) is 0 Å².